The first kappa shape index (κ1) is 16.0. The first-order valence-electron chi connectivity index (χ1n) is 7.84. The predicted octanol–water partition coefficient (Wildman–Crippen LogP) is 0.840. The van der Waals surface area contributed by atoms with Crippen molar-refractivity contribution in [3.8, 4) is 0 Å². The van der Waals surface area contributed by atoms with E-state index in [1.165, 1.54) is 9.13 Å². The van der Waals surface area contributed by atoms with E-state index >= 15 is 0 Å². The molecular weight excluding hydrogens is 308 g/mol. The van der Waals surface area contributed by atoms with Crippen LogP contribution in [-0.4, -0.2) is 28.5 Å². The minimum absolute atomic E-state index is 0.307. The molecule has 0 saturated heterocycles. The van der Waals surface area contributed by atoms with Crippen LogP contribution in [0.1, 0.15) is 25.2 Å². The van der Waals surface area contributed by atoms with E-state index in [1.54, 1.807) is 29.4 Å². The highest BCUT2D eigenvalue weighted by Gasteiger charge is 2.17. The molecule has 3 aromatic heterocycles. The Morgan fingerprint density at radius 3 is 2.38 bits per heavy atom. The molecule has 0 saturated carbocycles. The first-order valence-corrected chi connectivity index (χ1v) is 7.84. The zero-order valence-electron chi connectivity index (χ0n) is 14.2. The van der Waals surface area contributed by atoms with Crippen molar-refractivity contribution in [3.05, 3.63) is 44.6 Å². The molecule has 0 atom stereocenters. The Labute approximate surface area is 138 Å². The second kappa shape index (κ2) is 5.95. The zero-order chi connectivity index (χ0) is 17.4. The van der Waals surface area contributed by atoms with Crippen LogP contribution in [0.2, 0.25) is 0 Å². The Morgan fingerprint density at radius 2 is 1.79 bits per heavy atom. The zero-order valence-corrected chi connectivity index (χ0v) is 14.2. The van der Waals surface area contributed by atoms with Crippen molar-refractivity contribution < 1.29 is 0 Å². The van der Waals surface area contributed by atoms with E-state index in [9.17, 15) is 9.59 Å². The molecule has 8 heteroatoms. The van der Waals surface area contributed by atoms with Crippen LogP contribution in [0.25, 0.3) is 23.3 Å². The molecule has 0 unspecified atom stereocenters. The second-order valence-corrected chi connectivity index (χ2v) is 5.56. The van der Waals surface area contributed by atoms with Crippen molar-refractivity contribution >= 4 is 23.3 Å². The SMILES string of the molecule is CCn1c(=O)c2c(nc(/C=C/c3cnn(C)c3)n2C)n(CC)c1=O. The first-order chi connectivity index (χ1) is 11.5. The number of hydrogen-bond donors (Lipinski definition) is 0. The molecule has 0 amide bonds. The van der Waals surface area contributed by atoms with Gasteiger partial charge in [0.15, 0.2) is 11.2 Å². The van der Waals surface area contributed by atoms with Crippen LogP contribution in [0.4, 0.5) is 0 Å². The fourth-order valence-electron chi connectivity index (χ4n) is 2.79. The Morgan fingerprint density at radius 1 is 1.08 bits per heavy atom. The molecule has 0 N–H and O–H groups in total. The van der Waals surface area contributed by atoms with Crippen molar-refractivity contribution in [2.24, 2.45) is 14.1 Å². The van der Waals surface area contributed by atoms with Gasteiger partial charge in [0.2, 0.25) is 0 Å². The van der Waals surface area contributed by atoms with Gasteiger partial charge >= 0.3 is 5.69 Å². The Balaban J connectivity index is 2.23. The highest BCUT2D eigenvalue weighted by atomic mass is 16.2. The van der Waals surface area contributed by atoms with Crippen molar-refractivity contribution in [1.29, 1.82) is 0 Å². The molecule has 24 heavy (non-hydrogen) atoms. The van der Waals surface area contributed by atoms with Gasteiger partial charge in [0.05, 0.1) is 6.20 Å². The summed E-state index contributed by atoms with van der Waals surface area (Å²) >= 11 is 0. The summed E-state index contributed by atoms with van der Waals surface area (Å²) in [6.07, 6.45) is 7.31. The van der Waals surface area contributed by atoms with E-state index in [1.807, 2.05) is 32.3 Å². The van der Waals surface area contributed by atoms with Gasteiger partial charge < -0.3 is 4.57 Å². The quantitative estimate of drug-likeness (QED) is 0.711. The minimum atomic E-state index is -0.321. The molecule has 0 fully saturated rings. The van der Waals surface area contributed by atoms with Gasteiger partial charge in [0.25, 0.3) is 5.56 Å². The van der Waals surface area contributed by atoms with Gasteiger partial charge in [-0.25, -0.2) is 9.78 Å². The number of rotatable bonds is 4. The molecule has 0 aromatic carbocycles. The summed E-state index contributed by atoms with van der Waals surface area (Å²) in [4.78, 5) is 29.5. The molecule has 0 aliphatic heterocycles. The maximum Gasteiger partial charge on any atom is 0.332 e. The molecule has 126 valence electrons. The number of fused-ring (bicyclic) bond motifs is 1. The van der Waals surface area contributed by atoms with E-state index in [2.05, 4.69) is 10.1 Å². The summed E-state index contributed by atoms with van der Waals surface area (Å²) in [5.41, 5.74) is 1.16. The Hall–Kier alpha value is -2.90. The summed E-state index contributed by atoms with van der Waals surface area (Å²) in [7, 11) is 3.63. The summed E-state index contributed by atoms with van der Waals surface area (Å²) in [6.45, 7) is 4.44. The lowest BCUT2D eigenvalue weighted by Crippen LogP contribution is -2.39. The number of imidazole rings is 1. The Bertz CT molecular complexity index is 1050. The predicted molar refractivity (Wildman–Crippen MR) is 92.7 cm³/mol. The average molecular weight is 328 g/mol. The maximum atomic E-state index is 12.6. The van der Waals surface area contributed by atoms with Gasteiger partial charge in [0, 0.05) is 38.9 Å². The smallest absolute Gasteiger partial charge is 0.322 e. The van der Waals surface area contributed by atoms with Crippen LogP contribution in [0.5, 0.6) is 0 Å². The third-order valence-corrected chi connectivity index (χ3v) is 4.06. The molecule has 0 aliphatic rings. The van der Waals surface area contributed by atoms with E-state index < -0.39 is 0 Å². The van der Waals surface area contributed by atoms with Crippen molar-refractivity contribution in [2.45, 2.75) is 26.9 Å². The van der Waals surface area contributed by atoms with Crippen LogP contribution in [0.15, 0.2) is 22.0 Å². The molecule has 8 nitrogen and oxygen atoms in total. The lowest BCUT2D eigenvalue weighted by molar-refractivity contribution is 0.604. The monoisotopic (exact) mass is 328 g/mol. The van der Waals surface area contributed by atoms with E-state index in [0.29, 0.717) is 30.1 Å². The van der Waals surface area contributed by atoms with Crippen molar-refractivity contribution in [2.75, 3.05) is 0 Å². The summed E-state index contributed by atoms with van der Waals surface area (Å²) in [5, 5.41) is 4.11. The van der Waals surface area contributed by atoms with Gasteiger partial charge in [-0.15, -0.1) is 0 Å². The third kappa shape index (κ3) is 2.40. The minimum Gasteiger partial charge on any atom is -0.322 e. The van der Waals surface area contributed by atoms with Gasteiger partial charge in [-0.3, -0.25) is 18.6 Å². The van der Waals surface area contributed by atoms with Crippen LogP contribution in [0.3, 0.4) is 0 Å². The topological polar surface area (TPSA) is 79.6 Å². The number of hydrogen-bond acceptors (Lipinski definition) is 4. The van der Waals surface area contributed by atoms with Gasteiger partial charge in [-0.05, 0) is 26.0 Å². The van der Waals surface area contributed by atoms with Crippen LogP contribution < -0.4 is 11.2 Å². The standard InChI is InChI=1S/C16H20N6O2/c1-5-21-14-13(15(23)22(6-2)16(21)24)20(4)12(18-14)8-7-11-9-17-19(3)10-11/h7-10H,5-6H2,1-4H3/b8-7+. The Kier molecular flexibility index (Phi) is 3.96. The summed E-state index contributed by atoms with van der Waals surface area (Å²) in [5.74, 6) is 0.612. The normalized spacial score (nSPS) is 11.8. The lowest BCUT2D eigenvalue weighted by atomic mass is 10.3. The average Bonchev–Trinajstić information content (AvgIpc) is 3.10. The molecule has 0 aliphatic carbocycles. The highest BCUT2D eigenvalue weighted by molar-refractivity contribution is 5.76. The lowest BCUT2D eigenvalue weighted by Gasteiger charge is -2.07. The summed E-state index contributed by atoms with van der Waals surface area (Å²) < 4.78 is 6.20. The van der Waals surface area contributed by atoms with Crippen molar-refractivity contribution in [3.63, 3.8) is 0 Å². The van der Waals surface area contributed by atoms with E-state index in [0.717, 1.165) is 5.56 Å². The molecule has 0 bridgehead atoms. The van der Waals surface area contributed by atoms with Crippen LogP contribution in [0, 0.1) is 0 Å². The van der Waals surface area contributed by atoms with E-state index in [4.69, 9.17) is 0 Å². The maximum absolute atomic E-state index is 12.6. The van der Waals surface area contributed by atoms with Gasteiger partial charge in [0.1, 0.15) is 5.82 Å². The van der Waals surface area contributed by atoms with E-state index in [-0.39, 0.29) is 11.2 Å². The molecule has 3 aromatic rings. The molecule has 3 rings (SSSR count). The fourth-order valence-corrected chi connectivity index (χ4v) is 2.79. The molecule has 0 radical (unpaired) electrons. The summed E-state index contributed by atoms with van der Waals surface area (Å²) in [6, 6.07) is 0. The second-order valence-electron chi connectivity index (χ2n) is 5.56. The molecule has 0 spiro atoms. The molecular formula is C16H20N6O2. The molecule has 3 heterocycles. The largest absolute Gasteiger partial charge is 0.332 e. The highest BCUT2D eigenvalue weighted by Crippen LogP contribution is 2.13. The van der Waals surface area contributed by atoms with Gasteiger partial charge in [-0.2, -0.15) is 5.10 Å². The number of nitrogens with zero attached hydrogens (tertiary/aromatic N) is 6. The van der Waals surface area contributed by atoms with Gasteiger partial charge in [-0.1, -0.05) is 0 Å². The van der Waals surface area contributed by atoms with Crippen molar-refractivity contribution in [1.82, 2.24) is 28.5 Å². The third-order valence-electron chi connectivity index (χ3n) is 4.06. The van der Waals surface area contributed by atoms with Crippen LogP contribution in [-0.2, 0) is 27.2 Å². The number of aryl methyl sites for hydroxylation is 3. The van der Waals surface area contributed by atoms with Crippen LogP contribution >= 0.6 is 0 Å². The number of aromatic nitrogens is 6. The fraction of sp³-hybridized carbons (Fsp3) is 0.375.